The van der Waals surface area contributed by atoms with Gasteiger partial charge in [-0.25, -0.2) is 8.42 Å². The van der Waals surface area contributed by atoms with Crippen LogP contribution in [-0.2, 0) is 10.0 Å². The highest BCUT2D eigenvalue weighted by molar-refractivity contribution is 14.1. The summed E-state index contributed by atoms with van der Waals surface area (Å²) in [7, 11) is -3.66. The molecule has 21 heavy (non-hydrogen) atoms. The first-order valence-electron chi connectivity index (χ1n) is 5.33. The first kappa shape index (κ1) is 18.7. The predicted octanol–water partition coefficient (Wildman–Crippen LogP) is 5.83. The number of sulfonamides is 1. The summed E-state index contributed by atoms with van der Waals surface area (Å²) in [5.41, 5.74) is 0.600. The lowest BCUT2D eigenvalue weighted by molar-refractivity contribution is 0.600. The van der Waals surface area contributed by atoms with Gasteiger partial charge in [0.25, 0.3) is 10.0 Å². The largest absolute Gasteiger partial charge is 0.277 e. The Morgan fingerprint density at radius 2 is 1.52 bits per heavy atom. The van der Waals surface area contributed by atoms with Crippen molar-refractivity contribution in [3.8, 4) is 0 Å². The third-order valence-electron chi connectivity index (χ3n) is 2.43. The normalized spacial score (nSPS) is 11.5. The van der Waals surface area contributed by atoms with Crippen LogP contribution in [0.5, 0.6) is 0 Å². The van der Waals surface area contributed by atoms with E-state index in [-0.39, 0.29) is 4.90 Å². The summed E-state index contributed by atoms with van der Waals surface area (Å²) in [5.74, 6) is 0. The van der Waals surface area contributed by atoms with Gasteiger partial charge in [-0.1, -0.05) is 15.9 Å². The summed E-state index contributed by atoms with van der Waals surface area (Å²) >= 11 is 13.0. The average Bonchev–Trinajstić information content (AvgIpc) is 2.36. The number of halogens is 5. The Labute approximate surface area is 180 Å². The summed E-state index contributed by atoms with van der Waals surface area (Å²) in [6, 6.07) is 8.90. The van der Waals surface area contributed by atoms with E-state index in [2.05, 4.69) is 104 Å². The van der Waals surface area contributed by atoms with E-state index >= 15 is 0 Å². The Kier molecular flexibility index (Phi) is 6.66. The zero-order valence-electron chi connectivity index (χ0n) is 10.0. The van der Waals surface area contributed by atoms with Gasteiger partial charge in [-0.2, -0.15) is 0 Å². The molecule has 0 aromatic heterocycles. The highest BCUT2D eigenvalue weighted by Crippen LogP contribution is 2.32. The van der Waals surface area contributed by atoms with Crippen molar-refractivity contribution in [2.24, 2.45) is 0 Å². The second kappa shape index (κ2) is 7.49. The van der Waals surface area contributed by atoms with E-state index in [4.69, 9.17) is 0 Å². The monoisotopic (exact) mass is 767 g/mol. The molecule has 0 aliphatic heterocycles. The van der Waals surface area contributed by atoms with E-state index < -0.39 is 10.0 Å². The highest BCUT2D eigenvalue weighted by Gasteiger charge is 2.20. The van der Waals surface area contributed by atoms with Crippen LogP contribution < -0.4 is 4.72 Å². The maximum absolute atomic E-state index is 12.6. The van der Waals surface area contributed by atoms with Crippen LogP contribution in [0.1, 0.15) is 0 Å². The van der Waals surface area contributed by atoms with Crippen molar-refractivity contribution < 1.29 is 8.42 Å². The fourth-order valence-electron chi connectivity index (χ4n) is 1.51. The molecule has 0 atom stereocenters. The predicted molar refractivity (Wildman–Crippen MR) is 117 cm³/mol. The lowest BCUT2D eigenvalue weighted by atomic mass is 10.3. The van der Waals surface area contributed by atoms with E-state index in [9.17, 15) is 8.42 Å². The Morgan fingerprint density at radius 3 is 2.10 bits per heavy atom. The second-order valence-electron chi connectivity index (χ2n) is 3.92. The Bertz CT molecular complexity index is 789. The van der Waals surface area contributed by atoms with Crippen LogP contribution in [0, 0.1) is 10.7 Å². The molecule has 1 N–H and O–H groups in total. The molecule has 112 valence electrons. The summed E-state index contributed by atoms with van der Waals surface area (Å²) in [6.45, 7) is 0. The minimum absolute atomic E-state index is 0.196. The molecule has 0 heterocycles. The molecule has 9 heteroatoms. The summed E-state index contributed by atoms with van der Waals surface area (Å²) in [6.07, 6.45) is 0. The van der Waals surface area contributed by atoms with Gasteiger partial charge in [0, 0.05) is 19.7 Å². The van der Waals surface area contributed by atoms with Gasteiger partial charge in [0.05, 0.1) is 5.69 Å². The molecule has 0 fully saturated rings. The maximum Gasteiger partial charge on any atom is 0.263 e. The lowest BCUT2D eigenvalue weighted by Gasteiger charge is -2.13. The van der Waals surface area contributed by atoms with Crippen LogP contribution >= 0.6 is 99.6 Å². The number of benzene rings is 2. The third-order valence-corrected chi connectivity index (χ3v) is 7.59. The molecule has 3 nitrogen and oxygen atoms in total. The van der Waals surface area contributed by atoms with Crippen molar-refractivity contribution in [1.29, 1.82) is 0 Å². The molecule has 0 radical (unpaired) electrons. The van der Waals surface area contributed by atoms with Crippen molar-refractivity contribution in [1.82, 2.24) is 0 Å². The van der Waals surface area contributed by atoms with Crippen molar-refractivity contribution in [2.75, 3.05) is 4.72 Å². The van der Waals surface area contributed by atoms with Gasteiger partial charge in [-0.15, -0.1) is 0 Å². The molecule has 0 spiro atoms. The molecule has 0 aliphatic carbocycles. The van der Waals surface area contributed by atoms with Crippen molar-refractivity contribution in [3.05, 3.63) is 50.0 Å². The zero-order chi connectivity index (χ0) is 15.8. The SMILES string of the molecule is O=S(=O)(Nc1c(I)cc(I)cc1I)c1cc(Br)ccc1Br. The zero-order valence-corrected chi connectivity index (χ0v) is 20.5. The number of hydrogen-bond donors (Lipinski definition) is 1. The van der Waals surface area contributed by atoms with E-state index in [1.165, 1.54) is 0 Å². The van der Waals surface area contributed by atoms with Gasteiger partial charge < -0.3 is 0 Å². The maximum atomic E-state index is 12.6. The average molecular weight is 769 g/mol. The Hall–Kier alpha value is 1.34. The molecule has 0 aliphatic rings. The Morgan fingerprint density at radius 1 is 0.952 bits per heavy atom. The summed E-state index contributed by atoms with van der Waals surface area (Å²) < 4.78 is 31.9. The quantitative estimate of drug-likeness (QED) is 0.401. The van der Waals surface area contributed by atoms with Gasteiger partial charge in [0.15, 0.2) is 0 Å². The van der Waals surface area contributed by atoms with Crippen LogP contribution in [-0.4, -0.2) is 8.42 Å². The molecule has 0 amide bonds. The van der Waals surface area contributed by atoms with Gasteiger partial charge in [0.1, 0.15) is 4.90 Å². The van der Waals surface area contributed by atoms with Crippen LogP contribution in [0.25, 0.3) is 0 Å². The topological polar surface area (TPSA) is 46.2 Å². The first-order chi connectivity index (χ1) is 9.70. The standard InChI is InChI=1S/C12H6Br2I3NO2S/c13-6-1-2-8(14)11(3-6)21(19,20)18-12-9(16)4-7(15)5-10(12)17/h1-5,18H. The molecule has 0 unspecified atom stereocenters. The lowest BCUT2D eigenvalue weighted by Crippen LogP contribution is -2.15. The van der Waals surface area contributed by atoms with Crippen molar-refractivity contribution in [3.63, 3.8) is 0 Å². The van der Waals surface area contributed by atoms with E-state index in [0.29, 0.717) is 14.6 Å². The molecular weight excluding hydrogens is 763 g/mol. The van der Waals surface area contributed by atoms with Gasteiger partial charge >= 0.3 is 0 Å². The molecule has 2 aromatic rings. The van der Waals surface area contributed by atoms with Gasteiger partial charge in [-0.05, 0) is 114 Å². The van der Waals surface area contributed by atoms with E-state index in [1.807, 2.05) is 12.1 Å². The molecular formula is C12H6Br2I3NO2S. The van der Waals surface area contributed by atoms with Crippen LogP contribution in [0.3, 0.4) is 0 Å². The fraction of sp³-hybridized carbons (Fsp3) is 0. The summed E-state index contributed by atoms with van der Waals surface area (Å²) in [4.78, 5) is 0.196. The molecule has 0 bridgehead atoms. The fourth-order valence-corrected chi connectivity index (χ4v) is 8.33. The van der Waals surface area contributed by atoms with E-state index in [0.717, 1.165) is 10.7 Å². The number of nitrogens with one attached hydrogen (secondary N) is 1. The van der Waals surface area contributed by atoms with Gasteiger partial charge in [0.2, 0.25) is 0 Å². The molecule has 0 saturated heterocycles. The first-order valence-corrected chi connectivity index (χ1v) is 11.6. The second-order valence-corrected chi connectivity index (χ2v) is 10.9. The molecule has 0 saturated carbocycles. The summed E-state index contributed by atoms with van der Waals surface area (Å²) in [5, 5.41) is 0. The minimum Gasteiger partial charge on any atom is -0.277 e. The Balaban J connectivity index is 2.50. The number of rotatable bonds is 3. The van der Waals surface area contributed by atoms with Gasteiger partial charge in [-0.3, -0.25) is 4.72 Å². The molecule has 2 aromatic carbocycles. The number of hydrogen-bond acceptors (Lipinski definition) is 2. The van der Waals surface area contributed by atoms with Crippen LogP contribution in [0.15, 0.2) is 44.2 Å². The van der Waals surface area contributed by atoms with Crippen LogP contribution in [0.4, 0.5) is 5.69 Å². The van der Waals surface area contributed by atoms with Crippen molar-refractivity contribution in [2.45, 2.75) is 4.90 Å². The van der Waals surface area contributed by atoms with E-state index in [1.54, 1.807) is 18.2 Å². The minimum atomic E-state index is -3.66. The molecule has 2 rings (SSSR count). The number of anilines is 1. The van der Waals surface area contributed by atoms with Crippen molar-refractivity contribution >= 4 is 115 Å². The highest BCUT2D eigenvalue weighted by atomic mass is 127. The third kappa shape index (κ3) is 4.67. The van der Waals surface area contributed by atoms with Crippen LogP contribution in [0.2, 0.25) is 0 Å². The smallest absolute Gasteiger partial charge is 0.263 e.